The van der Waals surface area contributed by atoms with Gasteiger partial charge >= 0.3 is 0 Å². The summed E-state index contributed by atoms with van der Waals surface area (Å²) >= 11 is 0. The highest BCUT2D eigenvalue weighted by Gasteiger charge is 2.25. The Morgan fingerprint density at radius 3 is 2.29 bits per heavy atom. The number of amides is 1. The summed E-state index contributed by atoms with van der Waals surface area (Å²) in [5, 5.41) is 9.70. The number of nitrogens with zero attached hydrogens (tertiary/aromatic N) is 1. The number of ether oxygens (including phenoxy) is 3. The molecule has 1 N–H and O–H groups in total. The molecule has 1 saturated heterocycles. The molecular formula is C15H21NO5. The van der Waals surface area contributed by atoms with Crippen LogP contribution in [-0.2, 0) is 0 Å². The Labute approximate surface area is 124 Å². The first-order chi connectivity index (χ1) is 10.1. The normalized spacial score (nSPS) is 18.3. The van der Waals surface area contributed by atoms with Crippen LogP contribution in [0.5, 0.6) is 17.2 Å². The minimum Gasteiger partial charge on any atom is -0.493 e. The van der Waals surface area contributed by atoms with Gasteiger partial charge in [-0.05, 0) is 25.0 Å². The van der Waals surface area contributed by atoms with Gasteiger partial charge in [0.2, 0.25) is 5.75 Å². The van der Waals surface area contributed by atoms with E-state index in [1.165, 1.54) is 21.3 Å². The number of rotatable bonds is 4. The number of carbonyl (C=O) groups is 1. The maximum Gasteiger partial charge on any atom is 0.254 e. The van der Waals surface area contributed by atoms with Crippen LogP contribution in [0.15, 0.2) is 12.1 Å². The number of benzene rings is 1. The lowest BCUT2D eigenvalue weighted by atomic mass is 10.1. The molecule has 1 aliphatic heterocycles. The zero-order chi connectivity index (χ0) is 15.4. The van der Waals surface area contributed by atoms with E-state index in [0.717, 1.165) is 12.8 Å². The summed E-state index contributed by atoms with van der Waals surface area (Å²) in [6.07, 6.45) is 1.08. The Kier molecular flexibility index (Phi) is 4.90. The van der Waals surface area contributed by atoms with Crippen molar-refractivity contribution in [2.24, 2.45) is 0 Å². The van der Waals surface area contributed by atoms with Crippen molar-refractivity contribution in [2.45, 2.75) is 18.9 Å². The Hall–Kier alpha value is -1.95. The monoisotopic (exact) mass is 295 g/mol. The minimum absolute atomic E-state index is 0.145. The van der Waals surface area contributed by atoms with Crippen LogP contribution in [-0.4, -0.2) is 56.4 Å². The highest BCUT2D eigenvalue weighted by Crippen LogP contribution is 2.38. The number of aliphatic hydroxyl groups is 1. The molecule has 0 saturated carbocycles. The largest absolute Gasteiger partial charge is 0.493 e. The maximum atomic E-state index is 12.5. The van der Waals surface area contributed by atoms with Crippen molar-refractivity contribution in [3.05, 3.63) is 17.7 Å². The van der Waals surface area contributed by atoms with E-state index >= 15 is 0 Å². The Bertz CT molecular complexity index is 492. The van der Waals surface area contributed by atoms with Crippen molar-refractivity contribution in [1.29, 1.82) is 0 Å². The van der Waals surface area contributed by atoms with Gasteiger partial charge in [-0.1, -0.05) is 0 Å². The van der Waals surface area contributed by atoms with E-state index in [0.29, 0.717) is 35.9 Å². The second kappa shape index (κ2) is 6.67. The summed E-state index contributed by atoms with van der Waals surface area (Å²) in [4.78, 5) is 14.2. The SMILES string of the molecule is COc1cc(C(=O)N2CCC[C@H](O)C2)cc(OC)c1OC. The van der Waals surface area contributed by atoms with Gasteiger partial charge in [0.05, 0.1) is 27.4 Å². The van der Waals surface area contributed by atoms with Gasteiger partial charge in [0, 0.05) is 18.7 Å². The van der Waals surface area contributed by atoms with Gasteiger partial charge in [-0.2, -0.15) is 0 Å². The fraction of sp³-hybridized carbons (Fsp3) is 0.533. The highest BCUT2D eigenvalue weighted by molar-refractivity contribution is 5.95. The molecule has 1 atom stereocenters. The molecule has 1 heterocycles. The lowest BCUT2D eigenvalue weighted by Gasteiger charge is -2.30. The summed E-state index contributed by atoms with van der Waals surface area (Å²) < 4.78 is 15.7. The molecule has 1 fully saturated rings. The molecule has 0 unspecified atom stereocenters. The maximum absolute atomic E-state index is 12.5. The van der Waals surface area contributed by atoms with Gasteiger partial charge in [-0.25, -0.2) is 0 Å². The number of methoxy groups -OCH3 is 3. The van der Waals surface area contributed by atoms with Crippen LogP contribution in [0.4, 0.5) is 0 Å². The third kappa shape index (κ3) is 3.21. The summed E-state index contributed by atoms with van der Waals surface area (Å²) in [5.74, 6) is 1.19. The smallest absolute Gasteiger partial charge is 0.254 e. The van der Waals surface area contributed by atoms with Crippen molar-refractivity contribution in [1.82, 2.24) is 4.90 Å². The van der Waals surface area contributed by atoms with Crippen molar-refractivity contribution in [2.75, 3.05) is 34.4 Å². The number of piperidine rings is 1. The fourth-order valence-electron chi connectivity index (χ4n) is 2.53. The van der Waals surface area contributed by atoms with Crippen LogP contribution in [0.25, 0.3) is 0 Å². The molecule has 6 heteroatoms. The van der Waals surface area contributed by atoms with E-state index in [1.54, 1.807) is 17.0 Å². The molecule has 1 aliphatic rings. The van der Waals surface area contributed by atoms with Gasteiger partial charge in [0.25, 0.3) is 5.91 Å². The summed E-state index contributed by atoms with van der Waals surface area (Å²) in [6, 6.07) is 3.26. The highest BCUT2D eigenvalue weighted by atomic mass is 16.5. The molecule has 0 spiro atoms. The third-order valence-corrected chi connectivity index (χ3v) is 3.60. The summed E-state index contributed by atoms with van der Waals surface area (Å²) in [5.41, 5.74) is 0.457. The first-order valence-corrected chi connectivity index (χ1v) is 6.88. The van der Waals surface area contributed by atoms with E-state index < -0.39 is 6.10 Å². The minimum atomic E-state index is -0.454. The average Bonchev–Trinajstić information content (AvgIpc) is 2.52. The van der Waals surface area contributed by atoms with Crippen molar-refractivity contribution in [3.8, 4) is 17.2 Å². The topological polar surface area (TPSA) is 68.2 Å². The van der Waals surface area contributed by atoms with Gasteiger partial charge < -0.3 is 24.2 Å². The molecule has 1 aromatic rings. The van der Waals surface area contributed by atoms with Crippen molar-refractivity contribution >= 4 is 5.91 Å². The molecule has 116 valence electrons. The first kappa shape index (κ1) is 15.4. The van der Waals surface area contributed by atoms with Gasteiger partial charge in [0.15, 0.2) is 11.5 Å². The van der Waals surface area contributed by atoms with E-state index in [9.17, 15) is 9.90 Å². The zero-order valence-electron chi connectivity index (χ0n) is 12.6. The van der Waals surface area contributed by atoms with Gasteiger partial charge in [-0.15, -0.1) is 0 Å². The van der Waals surface area contributed by atoms with Crippen LogP contribution < -0.4 is 14.2 Å². The summed E-state index contributed by atoms with van der Waals surface area (Å²) in [7, 11) is 4.54. The average molecular weight is 295 g/mol. The lowest BCUT2D eigenvalue weighted by Crippen LogP contribution is -2.42. The number of aliphatic hydroxyl groups excluding tert-OH is 1. The van der Waals surface area contributed by atoms with Crippen molar-refractivity contribution in [3.63, 3.8) is 0 Å². The molecule has 2 rings (SSSR count). The predicted molar refractivity (Wildman–Crippen MR) is 77.2 cm³/mol. The summed E-state index contributed by atoms with van der Waals surface area (Å²) in [6.45, 7) is 1.00. The van der Waals surface area contributed by atoms with Crippen LogP contribution in [0.2, 0.25) is 0 Å². The van der Waals surface area contributed by atoms with Crippen LogP contribution >= 0.6 is 0 Å². The van der Waals surface area contributed by atoms with Crippen LogP contribution in [0.1, 0.15) is 23.2 Å². The molecule has 1 aromatic carbocycles. The molecule has 1 amide bonds. The van der Waals surface area contributed by atoms with Crippen LogP contribution in [0, 0.1) is 0 Å². The second-order valence-corrected chi connectivity index (χ2v) is 4.96. The Morgan fingerprint density at radius 1 is 1.19 bits per heavy atom. The van der Waals surface area contributed by atoms with Gasteiger partial charge in [-0.3, -0.25) is 4.79 Å². The number of carbonyl (C=O) groups excluding carboxylic acids is 1. The zero-order valence-corrected chi connectivity index (χ0v) is 12.6. The molecule has 0 aliphatic carbocycles. The number of hydrogen-bond donors (Lipinski definition) is 1. The molecule has 0 bridgehead atoms. The van der Waals surface area contributed by atoms with E-state index in [-0.39, 0.29) is 5.91 Å². The fourth-order valence-corrected chi connectivity index (χ4v) is 2.53. The lowest BCUT2D eigenvalue weighted by molar-refractivity contribution is 0.0473. The van der Waals surface area contributed by atoms with Crippen molar-refractivity contribution < 1.29 is 24.1 Å². The molecule has 0 radical (unpaired) electrons. The molecule has 0 aromatic heterocycles. The molecule has 21 heavy (non-hydrogen) atoms. The molecular weight excluding hydrogens is 274 g/mol. The van der Waals surface area contributed by atoms with E-state index in [1.807, 2.05) is 0 Å². The van der Waals surface area contributed by atoms with Gasteiger partial charge in [0.1, 0.15) is 0 Å². The first-order valence-electron chi connectivity index (χ1n) is 6.88. The number of hydrogen-bond acceptors (Lipinski definition) is 5. The standard InChI is InChI=1S/C15H21NO5/c1-19-12-7-10(8-13(20-2)14(12)21-3)15(18)16-6-4-5-11(17)9-16/h7-8,11,17H,4-6,9H2,1-3H3/t11-/m0/s1. The Balaban J connectivity index is 2.32. The number of β-amino-alcohol motifs (C(OH)–C–C–N with tert-alkyl or cyclic N) is 1. The number of likely N-dealkylation sites (tertiary alicyclic amines) is 1. The van der Waals surface area contributed by atoms with Crippen LogP contribution in [0.3, 0.4) is 0 Å². The predicted octanol–water partition coefficient (Wildman–Crippen LogP) is 1.31. The Morgan fingerprint density at radius 2 is 1.81 bits per heavy atom. The second-order valence-electron chi connectivity index (χ2n) is 4.96. The van der Waals surface area contributed by atoms with E-state index in [2.05, 4.69) is 0 Å². The third-order valence-electron chi connectivity index (χ3n) is 3.60. The van der Waals surface area contributed by atoms with E-state index in [4.69, 9.17) is 14.2 Å². The molecule has 6 nitrogen and oxygen atoms in total. The quantitative estimate of drug-likeness (QED) is 0.907.